The van der Waals surface area contributed by atoms with Crippen LogP contribution in [-0.4, -0.2) is 13.1 Å². The molecule has 0 aliphatic rings. The summed E-state index contributed by atoms with van der Waals surface area (Å²) in [5, 5.41) is 0. The van der Waals surface area contributed by atoms with Gasteiger partial charge in [-0.1, -0.05) is 66.7 Å². The third-order valence-corrected chi connectivity index (χ3v) is 4.48. The molecule has 0 fully saturated rings. The van der Waals surface area contributed by atoms with E-state index in [2.05, 4.69) is 0 Å². The molecule has 0 bridgehead atoms. The van der Waals surface area contributed by atoms with Crippen LogP contribution in [0.1, 0.15) is 22.6 Å². The van der Waals surface area contributed by atoms with E-state index in [4.69, 9.17) is 20.9 Å². The van der Waals surface area contributed by atoms with Crippen LogP contribution in [0.25, 0.3) is 0 Å². The first-order chi connectivity index (χ1) is 13.3. The molecule has 0 heterocycles. The lowest BCUT2D eigenvalue weighted by Crippen LogP contribution is -2.21. The Balaban J connectivity index is 1.79. The molecule has 4 N–H and O–H groups in total. The average molecular weight is 362 g/mol. The maximum atomic E-state index is 6.08. The highest BCUT2D eigenvalue weighted by Gasteiger charge is 2.13. The highest BCUT2D eigenvalue weighted by molar-refractivity contribution is 5.44. The second-order valence-corrected chi connectivity index (χ2v) is 6.42. The van der Waals surface area contributed by atoms with Gasteiger partial charge < -0.3 is 20.9 Å². The first-order valence-corrected chi connectivity index (χ1v) is 9.17. The Labute approximate surface area is 160 Å². The monoisotopic (exact) mass is 362 g/mol. The number of hydrogen-bond donors (Lipinski definition) is 2. The minimum Gasteiger partial charge on any atom is -0.485 e. The quantitative estimate of drug-likeness (QED) is 0.607. The van der Waals surface area contributed by atoms with Crippen LogP contribution in [-0.2, 0) is 13.2 Å². The smallest absolute Gasteiger partial charge is 0.161 e. The molecule has 3 rings (SSSR count). The number of ether oxygens (including phenoxy) is 2. The molecule has 0 spiro atoms. The lowest BCUT2D eigenvalue weighted by atomic mass is 9.99. The van der Waals surface area contributed by atoms with E-state index < -0.39 is 0 Å². The van der Waals surface area contributed by atoms with Crippen molar-refractivity contribution in [2.75, 3.05) is 13.1 Å². The van der Waals surface area contributed by atoms with E-state index in [1.54, 1.807) is 0 Å². The topological polar surface area (TPSA) is 70.5 Å². The third-order valence-electron chi connectivity index (χ3n) is 4.48. The standard InChI is InChI=1S/C23H26N2O2/c24-14-21(15-25)20-11-12-22(26-16-18-7-3-1-4-8-18)23(13-20)27-17-19-9-5-2-6-10-19/h1-13,21H,14-17,24-25H2. The molecule has 0 aromatic heterocycles. The molecular formula is C23H26N2O2. The highest BCUT2D eigenvalue weighted by Crippen LogP contribution is 2.32. The Morgan fingerprint density at radius 3 is 1.67 bits per heavy atom. The van der Waals surface area contributed by atoms with E-state index in [0.29, 0.717) is 37.8 Å². The first kappa shape index (κ1) is 19.0. The molecule has 0 unspecified atom stereocenters. The molecule has 0 radical (unpaired) electrons. The van der Waals surface area contributed by atoms with Crippen molar-refractivity contribution in [1.29, 1.82) is 0 Å². The summed E-state index contributed by atoms with van der Waals surface area (Å²) >= 11 is 0. The van der Waals surface area contributed by atoms with Crippen molar-refractivity contribution in [3.63, 3.8) is 0 Å². The van der Waals surface area contributed by atoms with E-state index in [-0.39, 0.29) is 5.92 Å². The molecule has 0 amide bonds. The van der Waals surface area contributed by atoms with E-state index in [1.807, 2.05) is 78.9 Å². The summed E-state index contributed by atoms with van der Waals surface area (Å²) < 4.78 is 12.1. The molecule has 0 saturated heterocycles. The molecule has 27 heavy (non-hydrogen) atoms. The van der Waals surface area contributed by atoms with Crippen LogP contribution >= 0.6 is 0 Å². The van der Waals surface area contributed by atoms with Crippen LogP contribution < -0.4 is 20.9 Å². The van der Waals surface area contributed by atoms with Crippen molar-refractivity contribution in [2.24, 2.45) is 11.5 Å². The Hall–Kier alpha value is -2.82. The molecule has 3 aromatic rings. The summed E-state index contributed by atoms with van der Waals surface area (Å²) in [6.45, 7) is 1.96. The number of nitrogens with two attached hydrogens (primary N) is 2. The van der Waals surface area contributed by atoms with Gasteiger partial charge in [-0.05, 0) is 28.8 Å². The minimum absolute atomic E-state index is 0.104. The van der Waals surface area contributed by atoms with Gasteiger partial charge in [-0.3, -0.25) is 0 Å². The normalized spacial score (nSPS) is 10.8. The largest absolute Gasteiger partial charge is 0.485 e. The van der Waals surface area contributed by atoms with Crippen LogP contribution in [0, 0.1) is 0 Å². The Morgan fingerprint density at radius 1 is 0.630 bits per heavy atom. The summed E-state index contributed by atoms with van der Waals surface area (Å²) in [5.74, 6) is 1.53. The van der Waals surface area contributed by atoms with Crippen molar-refractivity contribution >= 4 is 0 Å². The van der Waals surface area contributed by atoms with Gasteiger partial charge >= 0.3 is 0 Å². The van der Waals surface area contributed by atoms with Crippen molar-refractivity contribution in [2.45, 2.75) is 19.1 Å². The zero-order valence-electron chi connectivity index (χ0n) is 15.4. The van der Waals surface area contributed by atoms with E-state index in [1.165, 1.54) is 0 Å². The van der Waals surface area contributed by atoms with Crippen LogP contribution in [0.4, 0.5) is 0 Å². The van der Waals surface area contributed by atoms with E-state index >= 15 is 0 Å². The molecule has 0 aliphatic heterocycles. The summed E-state index contributed by atoms with van der Waals surface area (Å²) in [6.07, 6.45) is 0. The number of hydrogen-bond acceptors (Lipinski definition) is 4. The highest BCUT2D eigenvalue weighted by atomic mass is 16.5. The van der Waals surface area contributed by atoms with Crippen molar-refractivity contribution in [1.82, 2.24) is 0 Å². The Kier molecular flexibility index (Phi) is 6.85. The average Bonchev–Trinajstić information content (AvgIpc) is 2.74. The summed E-state index contributed by atoms with van der Waals surface area (Å²) in [6, 6.07) is 26.1. The fraction of sp³-hybridized carbons (Fsp3) is 0.217. The first-order valence-electron chi connectivity index (χ1n) is 9.17. The lowest BCUT2D eigenvalue weighted by molar-refractivity contribution is 0.255. The molecule has 0 saturated carbocycles. The van der Waals surface area contributed by atoms with Gasteiger partial charge in [-0.2, -0.15) is 0 Å². The SMILES string of the molecule is NCC(CN)c1ccc(OCc2ccccc2)c(OCc2ccccc2)c1. The van der Waals surface area contributed by atoms with Crippen molar-refractivity contribution in [3.05, 3.63) is 95.6 Å². The van der Waals surface area contributed by atoms with Crippen molar-refractivity contribution in [3.8, 4) is 11.5 Å². The van der Waals surface area contributed by atoms with Crippen LogP contribution in [0.2, 0.25) is 0 Å². The van der Waals surface area contributed by atoms with Crippen molar-refractivity contribution < 1.29 is 9.47 Å². The number of rotatable bonds is 9. The zero-order chi connectivity index (χ0) is 18.9. The summed E-state index contributed by atoms with van der Waals surface area (Å²) in [4.78, 5) is 0. The van der Waals surface area contributed by atoms with Crippen LogP contribution in [0.15, 0.2) is 78.9 Å². The van der Waals surface area contributed by atoms with Gasteiger partial charge in [-0.15, -0.1) is 0 Å². The molecule has 3 aromatic carbocycles. The summed E-state index contributed by atoms with van der Waals surface area (Å²) in [5.41, 5.74) is 15.0. The molecule has 4 nitrogen and oxygen atoms in total. The Morgan fingerprint density at radius 2 is 1.15 bits per heavy atom. The lowest BCUT2D eigenvalue weighted by Gasteiger charge is -2.18. The molecule has 4 heteroatoms. The second-order valence-electron chi connectivity index (χ2n) is 6.42. The van der Waals surface area contributed by atoms with Gasteiger partial charge in [0.1, 0.15) is 13.2 Å². The molecule has 0 atom stereocenters. The molecular weight excluding hydrogens is 336 g/mol. The van der Waals surface area contributed by atoms with E-state index in [9.17, 15) is 0 Å². The van der Waals surface area contributed by atoms with E-state index in [0.717, 1.165) is 16.7 Å². The Bertz CT molecular complexity index is 818. The van der Waals surface area contributed by atoms with Crippen LogP contribution in [0.5, 0.6) is 11.5 Å². The fourth-order valence-electron chi connectivity index (χ4n) is 2.85. The zero-order valence-corrected chi connectivity index (χ0v) is 15.4. The van der Waals surface area contributed by atoms with Gasteiger partial charge in [0.2, 0.25) is 0 Å². The fourth-order valence-corrected chi connectivity index (χ4v) is 2.85. The van der Waals surface area contributed by atoms with Crippen LogP contribution in [0.3, 0.4) is 0 Å². The van der Waals surface area contributed by atoms with Gasteiger partial charge in [0.15, 0.2) is 11.5 Å². The third kappa shape index (κ3) is 5.33. The minimum atomic E-state index is 0.104. The number of benzene rings is 3. The molecule has 140 valence electrons. The molecule has 0 aliphatic carbocycles. The van der Waals surface area contributed by atoms with Gasteiger partial charge in [0, 0.05) is 19.0 Å². The van der Waals surface area contributed by atoms with Gasteiger partial charge in [-0.25, -0.2) is 0 Å². The second kappa shape index (κ2) is 9.76. The predicted octanol–water partition coefficient (Wildman–Crippen LogP) is 3.85. The van der Waals surface area contributed by atoms with Gasteiger partial charge in [0.05, 0.1) is 0 Å². The van der Waals surface area contributed by atoms with Gasteiger partial charge in [0.25, 0.3) is 0 Å². The summed E-state index contributed by atoms with van der Waals surface area (Å²) in [7, 11) is 0. The predicted molar refractivity (Wildman–Crippen MR) is 109 cm³/mol. The maximum absolute atomic E-state index is 6.08. The maximum Gasteiger partial charge on any atom is 0.161 e.